The van der Waals surface area contributed by atoms with Crippen LogP contribution in [0, 0.1) is 11.8 Å². The van der Waals surface area contributed by atoms with Gasteiger partial charge in [-0.1, -0.05) is 29.8 Å². The van der Waals surface area contributed by atoms with Crippen LogP contribution >= 0.6 is 11.6 Å². The van der Waals surface area contributed by atoms with Crippen LogP contribution < -0.4 is 10.2 Å². The Morgan fingerprint density at radius 3 is 2.33 bits per heavy atom. The molecular formula is C22H23ClN2O2. The summed E-state index contributed by atoms with van der Waals surface area (Å²) in [7, 11) is 0. The van der Waals surface area contributed by atoms with Gasteiger partial charge < -0.3 is 10.2 Å². The fourth-order valence-corrected chi connectivity index (χ4v) is 4.29. The number of nitrogens with zero attached hydrogens (tertiary/aromatic N) is 1. The minimum Gasteiger partial charge on any atom is -0.326 e. The number of carbonyl (C=O) groups is 2. The summed E-state index contributed by atoms with van der Waals surface area (Å²) in [5.41, 5.74) is 3.07. The highest BCUT2D eigenvalue weighted by Crippen LogP contribution is 2.35. The van der Waals surface area contributed by atoms with Crippen molar-refractivity contribution in [2.45, 2.75) is 32.1 Å². The molecule has 1 aliphatic carbocycles. The number of rotatable bonds is 3. The number of fused-ring (bicyclic) bond motifs is 1. The largest absolute Gasteiger partial charge is 0.326 e. The lowest BCUT2D eigenvalue weighted by molar-refractivity contribution is -0.126. The number of para-hydroxylation sites is 1. The van der Waals surface area contributed by atoms with Gasteiger partial charge in [0.15, 0.2) is 0 Å². The minimum atomic E-state index is -0.0319. The van der Waals surface area contributed by atoms with E-state index in [9.17, 15) is 9.59 Å². The predicted molar refractivity (Wildman–Crippen MR) is 108 cm³/mol. The fourth-order valence-electron chi connectivity index (χ4n) is 4.17. The van der Waals surface area contributed by atoms with Gasteiger partial charge in [0, 0.05) is 34.8 Å². The molecule has 4 rings (SSSR count). The molecule has 0 spiro atoms. The number of carbonyl (C=O) groups excluding carboxylic acids is 2. The monoisotopic (exact) mass is 382 g/mol. The van der Waals surface area contributed by atoms with Gasteiger partial charge in [0.05, 0.1) is 0 Å². The van der Waals surface area contributed by atoms with Crippen molar-refractivity contribution in [3.05, 3.63) is 59.1 Å². The molecule has 0 aromatic heterocycles. The molecule has 140 valence electrons. The lowest BCUT2D eigenvalue weighted by atomic mass is 9.81. The lowest BCUT2D eigenvalue weighted by Crippen LogP contribution is -2.38. The lowest BCUT2D eigenvalue weighted by Gasteiger charge is -2.30. The van der Waals surface area contributed by atoms with Gasteiger partial charge in [-0.15, -0.1) is 0 Å². The standard InChI is InChI=1S/C22H23ClN2O2/c23-18-9-11-19(12-10-18)24-21(26)16-5-7-17(8-6-16)22(27)25-14-13-15-3-1-2-4-20(15)25/h1-4,9-12,16-17H,5-8,13-14H2,(H,24,26). The average molecular weight is 383 g/mol. The second-order valence-corrected chi connectivity index (χ2v) is 7.85. The first-order chi connectivity index (χ1) is 13.1. The highest BCUT2D eigenvalue weighted by atomic mass is 35.5. The van der Waals surface area contributed by atoms with E-state index in [1.54, 1.807) is 24.3 Å². The molecule has 1 N–H and O–H groups in total. The van der Waals surface area contributed by atoms with Crippen LogP contribution in [0.25, 0.3) is 0 Å². The molecule has 2 aliphatic rings. The van der Waals surface area contributed by atoms with E-state index in [1.807, 2.05) is 23.1 Å². The van der Waals surface area contributed by atoms with Crippen LogP contribution in [0.3, 0.4) is 0 Å². The first kappa shape index (κ1) is 18.1. The van der Waals surface area contributed by atoms with Gasteiger partial charge in [-0.3, -0.25) is 9.59 Å². The molecule has 0 atom stereocenters. The van der Waals surface area contributed by atoms with Gasteiger partial charge >= 0.3 is 0 Å². The smallest absolute Gasteiger partial charge is 0.230 e. The average Bonchev–Trinajstić information content (AvgIpc) is 3.13. The van der Waals surface area contributed by atoms with Gasteiger partial charge in [0.1, 0.15) is 0 Å². The number of amides is 2. The number of benzene rings is 2. The first-order valence-corrected chi connectivity index (χ1v) is 9.95. The number of halogens is 1. The van der Waals surface area contributed by atoms with Crippen molar-refractivity contribution in [2.75, 3.05) is 16.8 Å². The Labute approximate surface area is 164 Å². The van der Waals surface area contributed by atoms with Crippen molar-refractivity contribution in [1.82, 2.24) is 0 Å². The van der Waals surface area contributed by atoms with Crippen molar-refractivity contribution in [3.63, 3.8) is 0 Å². The molecule has 0 saturated heterocycles. The number of anilines is 2. The maximum Gasteiger partial charge on any atom is 0.230 e. The van der Waals surface area contributed by atoms with E-state index in [4.69, 9.17) is 11.6 Å². The third-order valence-electron chi connectivity index (χ3n) is 5.71. The molecule has 4 nitrogen and oxygen atoms in total. The fraction of sp³-hybridized carbons (Fsp3) is 0.364. The summed E-state index contributed by atoms with van der Waals surface area (Å²) in [6, 6.07) is 15.3. The summed E-state index contributed by atoms with van der Waals surface area (Å²) in [4.78, 5) is 27.4. The highest BCUT2D eigenvalue weighted by Gasteiger charge is 2.34. The molecule has 2 amide bonds. The van der Waals surface area contributed by atoms with Gasteiger partial charge in [-0.2, -0.15) is 0 Å². The van der Waals surface area contributed by atoms with Crippen LogP contribution in [0.1, 0.15) is 31.2 Å². The molecule has 1 saturated carbocycles. The second kappa shape index (κ2) is 7.73. The zero-order valence-electron chi connectivity index (χ0n) is 15.2. The summed E-state index contributed by atoms with van der Waals surface area (Å²) in [6.07, 6.45) is 3.99. The van der Waals surface area contributed by atoms with Crippen molar-refractivity contribution in [3.8, 4) is 0 Å². The molecule has 0 unspecified atom stereocenters. The van der Waals surface area contributed by atoms with Gasteiger partial charge in [-0.05, 0) is 68.0 Å². The van der Waals surface area contributed by atoms with E-state index in [0.717, 1.165) is 50.0 Å². The molecule has 0 radical (unpaired) electrons. The van der Waals surface area contributed by atoms with E-state index < -0.39 is 0 Å². The van der Waals surface area contributed by atoms with Crippen LogP contribution in [0.15, 0.2) is 48.5 Å². The van der Waals surface area contributed by atoms with E-state index in [-0.39, 0.29) is 23.7 Å². The third-order valence-corrected chi connectivity index (χ3v) is 5.96. The summed E-state index contributed by atoms with van der Waals surface area (Å²) in [5.74, 6) is 0.248. The Balaban J connectivity index is 1.33. The Morgan fingerprint density at radius 2 is 1.59 bits per heavy atom. The maximum atomic E-state index is 13.0. The zero-order valence-corrected chi connectivity index (χ0v) is 15.9. The highest BCUT2D eigenvalue weighted by molar-refractivity contribution is 6.30. The second-order valence-electron chi connectivity index (χ2n) is 7.41. The third kappa shape index (κ3) is 3.86. The number of hydrogen-bond acceptors (Lipinski definition) is 2. The van der Waals surface area contributed by atoms with Crippen LogP contribution in [-0.2, 0) is 16.0 Å². The van der Waals surface area contributed by atoms with Crippen molar-refractivity contribution < 1.29 is 9.59 Å². The molecule has 1 fully saturated rings. The van der Waals surface area contributed by atoms with Gasteiger partial charge in [0.2, 0.25) is 11.8 Å². The van der Waals surface area contributed by atoms with Crippen molar-refractivity contribution >= 4 is 34.8 Å². The Bertz CT molecular complexity index is 842. The molecule has 5 heteroatoms. The van der Waals surface area contributed by atoms with E-state index in [2.05, 4.69) is 11.4 Å². The maximum absolute atomic E-state index is 13.0. The van der Waals surface area contributed by atoms with Crippen molar-refractivity contribution in [1.29, 1.82) is 0 Å². The summed E-state index contributed by atoms with van der Waals surface area (Å²) < 4.78 is 0. The number of hydrogen-bond donors (Lipinski definition) is 1. The normalized spacial score (nSPS) is 21.6. The predicted octanol–water partition coefficient (Wildman–Crippen LogP) is 4.67. The Hall–Kier alpha value is -2.33. The summed E-state index contributed by atoms with van der Waals surface area (Å²) >= 11 is 5.88. The van der Waals surface area contributed by atoms with Crippen LogP contribution in [0.4, 0.5) is 11.4 Å². The summed E-state index contributed by atoms with van der Waals surface area (Å²) in [6.45, 7) is 0.773. The quantitative estimate of drug-likeness (QED) is 0.838. The van der Waals surface area contributed by atoms with E-state index in [0.29, 0.717) is 5.02 Å². The van der Waals surface area contributed by atoms with Gasteiger partial charge in [0.25, 0.3) is 0 Å². The van der Waals surface area contributed by atoms with Crippen LogP contribution in [0.2, 0.25) is 5.02 Å². The molecule has 0 bridgehead atoms. The topological polar surface area (TPSA) is 49.4 Å². The molecule has 2 aromatic rings. The van der Waals surface area contributed by atoms with Crippen LogP contribution in [0.5, 0.6) is 0 Å². The van der Waals surface area contributed by atoms with E-state index >= 15 is 0 Å². The Kier molecular flexibility index (Phi) is 5.17. The first-order valence-electron chi connectivity index (χ1n) is 9.57. The Morgan fingerprint density at radius 1 is 0.926 bits per heavy atom. The minimum absolute atomic E-state index is 0.0238. The van der Waals surface area contributed by atoms with Crippen molar-refractivity contribution in [2.24, 2.45) is 11.8 Å². The molecule has 1 heterocycles. The summed E-state index contributed by atoms with van der Waals surface area (Å²) in [5, 5.41) is 3.61. The van der Waals surface area contributed by atoms with E-state index in [1.165, 1.54) is 5.56 Å². The van der Waals surface area contributed by atoms with Gasteiger partial charge in [-0.25, -0.2) is 0 Å². The molecule has 27 heavy (non-hydrogen) atoms. The molecular weight excluding hydrogens is 360 g/mol. The van der Waals surface area contributed by atoms with Crippen LogP contribution in [-0.4, -0.2) is 18.4 Å². The zero-order chi connectivity index (χ0) is 18.8. The number of nitrogens with one attached hydrogen (secondary N) is 1. The molecule has 2 aromatic carbocycles. The SMILES string of the molecule is O=C(Nc1ccc(Cl)cc1)C1CCC(C(=O)N2CCc3ccccc32)CC1. The molecule has 1 aliphatic heterocycles.